The van der Waals surface area contributed by atoms with Gasteiger partial charge in [-0.05, 0) is 74.4 Å². The minimum Gasteiger partial charge on any atom is -0.299 e. The minimum absolute atomic E-state index is 0.116. The van der Waals surface area contributed by atoms with Crippen LogP contribution in [0.5, 0.6) is 0 Å². The van der Waals surface area contributed by atoms with Crippen LogP contribution < -0.4 is 0 Å². The standard InChI is InChI=1S/C22H29FOS/c1-21-9-8-19-17(18(21)5-6-20(21)24)4-3-16-13-15(14-23)7-10-22(16,19)11-12-25-2/h8,13-14,17-18H,3-7,9-12H2,1-2H3/t17-,18-,21-,22+/m0/s1. The van der Waals surface area contributed by atoms with Gasteiger partial charge in [-0.25, -0.2) is 4.39 Å². The molecule has 0 aliphatic heterocycles. The van der Waals surface area contributed by atoms with E-state index < -0.39 is 0 Å². The highest BCUT2D eigenvalue weighted by Gasteiger charge is 2.56. The number of Topliss-reactive ketones (excluding diaryl/α,β-unsaturated/α-hetero) is 1. The molecule has 25 heavy (non-hydrogen) atoms. The van der Waals surface area contributed by atoms with Crippen molar-refractivity contribution in [2.24, 2.45) is 22.7 Å². The van der Waals surface area contributed by atoms with Crippen molar-refractivity contribution >= 4 is 17.5 Å². The minimum atomic E-state index is -0.116. The van der Waals surface area contributed by atoms with E-state index >= 15 is 0 Å². The van der Waals surface area contributed by atoms with Crippen molar-refractivity contribution in [1.29, 1.82) is 0 Å². The number of carbonyl (C=O) groups is 1. The summed E-state index contributed by atoms with van der Waals surface area (Å²) in [6, 6.07) is 0. The maximum Gasteiger partial charge on any atom is 0.139 e. The highest BCUT2D eigenvalue weighted by Crippen LogP contribution is 2.63. The fraction of sp³-hybridized carbons (Fsp3) is 0.682. The normalized spacial score (nSPS) is 41.7. The average molecular weight is 361 g/mol. The third kappa shape index (κ3) is 2.52. The molecule has 2 saturated carbocycles. The molecule has 0 aromatic rings. The Morgan fingerprint density at radius 2 is 2.16 bits per heavy atom. The van der Waals surface area contributed by atoms with E-state index in [4.69, 9.17) is 0 Å². The van der Waals surface area contributed by atoms with Gasteiger partial charge in [-0.3, -0.25) is 4.79 Å². The van der Waals surface area contributed by atoms with Crippen LogP contribution in [0.3, 0.4) is 0 Å². The molecule has 4 aliphatic carbocycles. The second-order valence-corrected chi connectivity index (χ2v) is 9.66. The van der Waals surface area contributed by atoms with Crippen LogP contribution in [-0.4, -0.2) is 17.8 Å². The predicted molar refractivity (Wildman–Crippen MR) is 103 cm³/mol. The molecule has 0 radical (unpaired) electrons. The molecule has 0 amide bonds. The monoisotopic (exact) mass is 360 g/mol. The molecule has 0 aromatic heterocycles. The smallest absolute Gasteiger partial charge is 0.139 e. The molecule has 4 atom stereocenters. The largest absolute Gasteiger partial charge is 0.299 e. The zero-order valence-electron chi connectivity index (χ0n) is 15.4. The molecule has 0 bridgehead atoms. The summed E-state index contributed by atoms with van der Waals surface area (Å²) in [5.41, 5.74) is 3.98. The molecule has 136 valence electrons. The van der Waals surface area contributed by atoms with Crippen LogP contribution >= 0.6 is 11.8 Å². The number of rotatable bonds is 3. The van der Waals surface area contributed by atoms with Crippen LogP contribution in [0.1, 0.15) is 58.3 Å². The van der Waals surface area contributed by atoms with E-state index in [-0.39, 0.29) is 10.8 Å². The second kappa shape index (κ2) is 6.40. The Kier molecular flexibility index (Phi) is 4.50. The molecule has 1 nitrogen and oxygen atoms in total. The highest BCUT2D eigenvalue weighted by molar-refractivity contribution is 7.98. The molecule has 0 heterocycles. The summed E-state index contributed by atoms with van der Waals surface area (Å²) in [6.07, 6.45) is 15.6. The van der Waals surface area contributed by atoms with E-state index in [2.05, 4.69) is 25.3 Å². The van der Waals surface area contributed by atoms with E-state index in [0.717, 1.165) is 62.6 Å². The number of hydrogen-bond donors (Lipinski definition) is 0. The Morgan fingerprint density at radius 3 is 2.92 bits per heavy atom. The number of carbonyl (C=O) groups excluding carboxylic acids is 1. The van der Waals surface area contributed by atoms with Gasteiger partial charge in [0.2, 0.25) is 0 Å². The van der Waals surface area contributed by atoms with Gasteiger partial charge >= 0.3 is 0 Å². The number of allylic oxidation sites excluding steroid dienone is 5. The van der Waals surface area contributed by atoms with Gasteiger partial charge in [0.05, 0.1) is 6.33 Å². The Hall–Kier alpha value is -0.830. The molecule has 0 aromatic carbocycles. The van der Waals surface area contributed by atoms with E-state index in [1.165, 1.54) is 12.0 Å². The lowest BCUT2D eigenvalue weighted by Crippen LogP contribution is -2.45. The molecule has 0 saturated heterocycles. The Labute approximate surface area is 155 Å². The first-order chi connectivity index (χ1) is 12.0. The van der Waals surface area contributed by atoms with Crippen molar-refractivity contribution in [1.82, 2.24) is 0 Å². The Balaban J connectivity index is 1.77. The summed E-state index contributed by atoms with van der Waals surface area (Å²) in [6.45, 7) is 2.21. The lowest BCUT2D eigenvalue weighted by atomic mass is 9.50. The van der Waals surface area contributed by atoms with Crippen LogP contribution in [0.2, 0.25) is 0 Å². The summed E-state index contributed by atoms with van der Waals surface area (Å²) in [5, 5.41) is 0. The van der Waals surface area contributed by atoms with Crippen molar-refractivity contribution in [2.45, 2.75) is 58.3 Å². The van der Waals surface area contributed by atoms with Gasteiger partial charge in [0, 0.05) is 17.3 Å². The van der Waals surface area contributed by atoms with Gasteiger partial charge in [0.25, 0.3) is 0 Å². The molecule has 4 rings (SSSR count). The molecule has 0 N–H and O–H groups in total. The van der Waals surface area contributed by atoms with Gasteiger partial charge in [-0.1, -0.05) is 30.2 Å². The maximum absolute atomic E-state index is 13.2. The summed E-state index contributed by atoms with van der Waals surface area (Å²) in [4.78, 5) is 12.5. The van der Waals surface area contributed by atoms with Gasteiger partial charge < -0.3 is 0 Å². The average Bonchev–Trinajstić information content (AvgIpc) is 2.94. The summed E-state index contributed by atoms with van der Waals surface area (Å²) < 4.78 is 13.2. The van der Waals surface area contributed by atoms with Crippen LogP contribution in [-0.2, 0) is 4.79 Å². The number of hydrogen-bond acceptors (Lipinski definition) is 2. The SMILES string of the molecule is CSCC[C@]12CCC(=CF)C=C1CC[C@@H]1C2=CC[C@]2(C)C(=O)CC[C@@H]12. The van der Waals surface area contributed by atoms with Crippen molar-refractivity contribution in [2.75, 3.05) is 12.0 Å². The zero-order valence-corrected chi connectivity index (χ0v) is 16.3. The van der Waals surface area contributed by atoms with E-state index in [1.807, 2.05) is 11.8 Å². The maximum atomic E-state index is 13.2. The molecular formula is C22H29FOS. The lowest BCUT2D eigenvalue weighted by Gasteiger charge is -2.54. The molecule has 0 unspecified atom stereocenters. The molecule has 4 aliphatic rings. The van der Waals surface area contributed by atoms with Crippen molar-refractivity contribution in [3.05, 3.63) is 35.2 Å². The van der Waals surface area contributed by atoms with Crippen LogP contribution in [0.25, 0.3) is 0 Å². The van der Waals surface area contributed by atoms with Gasteiger partial charge in [0.15, 0.2) is 0 Å². The number of ketones is 1. The van der Waals surface area contributed by atoms with E-state index in [1.54, 1.807) is 5.57 Å². The first kappa shape index (κ1) is 17.6. The number of thioether (sulfide) groups is 1. The quantitative estimate of drug-likeness (QED) is 0.572. The first-order valence-corrected chi connectivity index (χ1v) is 11.2. The van der Waals surface area contributed by atoms with Crippen LogP contribution in [0, 0.1) is 22.7 Å². The molecule has 0 spiro atoms. The highest BCUT2D eigenvalue weighted by atomic mass is 32.2. The molecule has 2 fully saturated rings. The van der Waals surface area contributed by atoms with Crippen molar-refractivity contribution in [3.63, 3.8) is 0 Å². The fourth-order valence-electron chi connectivity index (χ4n) is 6.30. The third-order valence-corrected chi connectivity index (χ3v) is 8.35. The van der Waals surface area contributed by atoms with Gasteiger partial charge in [-0.2, -0.15) is 11.8 Å². The lowest BCUT2D eigenvalue weighted by molar-refractivity contribution is -0.127. The zero-order chi connectivity index (χ0) is 17.7. The summed E-state index contributed by atoms with van der Waals surface area (Å²) >= 11 is 1.91. The van der Waals surface area contributed by atoms with Crippen LogP contribution in [0.15, 0.2) is 35.2 Å². The Bertz CT molecular complexity index is 676. The summed E-state index contributed by atoms with van der Waals surface area (Å²) in [5.74, 6) is 2.74. The van der Waals surface area contributed by atoms with Crippen molar-refractivity contribution in [3.8, 4) is 0 Å². The second-order valence-electron chi connectivity index (χ2n) is 8.67. The fourth-order valence-corrected chi connectivity index (χ4v) is 6.85. The number of fused-ring (bicyclic) bond motifs is 5. The third-order valence-electron chi connectivity index (χ3n) is 7.73. The Morgan fingerprint density at radius 1 is 1.32 bits per heavy atom. The molecular weight excluding hydrogens is 331 g/mol. The van der Waals surface area contributed by atoms with Crippen molar-refractivity contribution < 1.29 is 9.18 Å². The predicted octanol–water partition coefficient (Wildman–Crippen LogP) is 6.03. The van der Waals surface area contributed by atoms with E-state index in [0.29, 0.717) is 17.6 Å². The molecule has 3 heteroatoms. The summed E-state index contributed by atoms with van der Waals surface area (Å²) in [7, 11) is 0. The topological polar surface area (TPSA) is 17.1 Å². The van der Waals surface area contributed by atoms with Gasteiger partial charge in [0.1, 0.15) is 5.78 Å². The van der Waals surface area contributed by atoms with E-state index in [9.17, 15) is 9.18 Å². The number of halogens is 1. The van der Waals surface area contributed by atoms with Crippen LogP contribution in [0.4, 0.5) is 4.39 Å². The first-order valence-electron chi connectivity index (χ1n) is 9.78. The van der Waals surface area contributed by atoms with Gasteiger partial charge in [-0.15, -0.1) is 0 Å².